The molecule has 0 aliphatic carbocycles. The van der Waals surface area contributed by atoms with E-state index in [1.165, 1.54) is 19.3 Å². The van der Waals surface area contributed by atoms with Crippen molar-refractivity contribution in [1.82, 2.24) is 15.0 Å². The van der Waals surface area contributed by atoms with Crippen molar-refractivity contribution in [2.75, 3.05) is 55.0 Å². The van der Waals surface area contributed by atoms with Gasteiger partial charge in [-0.2, -0.15) is 15.0 Å². The zero-order valence-electron chi connectivity index (χ0n) is 12.9. The van der Waals surface area contributed by atoms with Crippen molar-refractivity contribution in [2.45, 2.75) is 32.2 Å². The van der Waals surface area contributed by atoms with Gasteiger partial charge in [-0.05, 0) is 26.2 Å². The fraction of sp³-hybridized carbons (Fsp3) is 0.786. The molecule has 0 bridgehead atoms. The summed E-state index contributed by atoms with van der Waals surface area (Å²) in [5.41, 5.74) is 0. The lowest BCUT2D eigenvalue weighted by atomic mass is 10.0. The number of hydrogen-bond donors (Lipinski definition) is 1. The third-order valence-electron chi connectivity index (χ3n) is 4.19. The summed E-state index contributed by atoms with van der Waals surface area (Å²) in [5.74, 6) is 2.19. The molecule has 2 fully saturated rings. The van der Waals surface area contributed by atoms with E-state index in [0.717, 1.165) is 44.7 Å². The summed E-state index contributed by atoms with van der Waals surface area (Å²) in [4.78, 5) is 18.2. The predicted octanol–water partition coefficient (Wildman–Crippen LogP) is 1.13. The highest BCUT2D eigenvalue weighted by atomic mass is 16.5. The van der Waals surface area contributed by atoms with Gasteiger partial charge in [0.15, 0.2) is 0 Å². The summed E-state index contributed by atoms with van der Waals surface area (Å²) < 4.78 is 5.40. The third-order valence-corrected chi connectivity index (χ3v) is 4.19. The first kappa shape index (κ1) is 14.3. The minimum Gasteiger partial charge on any atom is -0.378 e. The Labute approximate surface area is 125 Å². The highest BCUT2D eigenvalue weighted by molar-refractivity contribution is 5.46. The Bertz CT molecular complexity index is 477. The predicted molar refractivity (Wildman–Crippen MR) is 83.1 cm³/mol. The number of anilines is 3. The number of piperidine rings is 1. The van der Waals surface area contributed by atoms with Gasteiger partial charge >= 0.3 is 0 Å². The number of nitrogens with one attached hydrogen (secondary N) is 1. The van der Waals surface area contributed by atoms with Crippen LogP contribution in [0, 0.1) is 0 Å². The van der Waals surface area contributed by atoms with E-state index >= 15 is 0 Å². The van der Waals surface area contributed by atoms with Gasteiger partial charge in [0.1, 0.15) is 0 Å². The molecule has 116 valence electrons. The van der Waals surface area contributed by atoms with Gasteiger partial charge in [-0.1, -0.05) is 0 Å². The highest BCUT2D eigenvalue weighted by Gasteiger charge is 2.23. The molecule has 3 heterocycles. The molecular formula is C14H24N6O. The second kappa shape index (κ2) is 6.43. The molecule has 1 N–H and O–H groups in total. The van der Waals surface area contributed by atoms with Crippen LogP contribution in [0.1, 0.15) is 26.2 Å². The number of aromatic nitrogens is 3. The highest BCUT2D eigenvalue weighted by Crippen LogP contribution is 2.24. The molecule has 0 spiro atoms. The zero-order valence-corrected chi connectivity index (χ0v) is 12.9. The molecule has 2 aliphatic heterocycles. The normalized spacial score (nSPS) is 23.2. The summed E-state index contributed by atoms with van der Waals surface area (Å²) in [6.45, 7) is 6.41. The van der Waals surface area contributed by atoms with Crippen LogP contribution in [0.2, 0.25) is 0 Å². The van der Waals surface area contributed by atoms with Crippen LogP contribution in [0.25, 0.3) is 0 Å². The Kier molecular flexibility index (Phi) is 4.38. The molecule has 2 saturated heterocycles. The van der Waals surface area contributed by atoms with Gasteiger partial charge in [0, 0.05) is 32.7 Å². The van der Waals surface area contributed by atoms with Crippen LogP contribution < -0.4 is 15.1 Å². The van der Waals surface area contributed by atoms with Gasteiger partial charge in [0.05, 0.1) is 13.2 Å². The van der Waals surface area contributed by atoms with Crippen molar-refractivity contribution in [1.29, 1.82) is 0 Å². The molecule has 0 aromatic carbocycles. The van der Waals surface area contributed by atoms with E-state index in [-0.39, 0.29) is 0 Å². The van der Waals surface area contributed by atoms with Crippen LogP contribution in [-0.2, 0) is 4.74 Å². The van der Waals surface area contributed by atoms with Crippen molar-refractivity contribution >= 4 is 17.8 Å². The molecule has 3 rings (SSSR count). The molecule has 0 radical (unpaired) electrons. The Morgan fingerprint density at radius 2 is 1.81 bits per heavy atom. The van der Waals surface area contributed by atoms with Gasteiger partial charge in [0.2, 0.25) is 17.8 Å². The average Bonchev–Trinajstić information content (AvgIpc) is 2.55. The maximum atomic E-state index is 5.40. The van der Waals surface area contributed by atoms with Crippen molar-refractivity contribution in [3.8, 4) is 0 Å². The SMILES string of the molecule is CNc1nc(N2CCOCC2)nc(N2CCCCC2C)n1. The quantitative estimate of drug-likeness (QED) is 0.895. The van der Waals surface area contributed by atoms with Crippen molar-refractivity contribution < 1.29 is 4.74 Å². The van der Waals surface area contributed by atoms with Crippen molar-refractivity contribution in [3.63, 3.8) is 0 Å². The van der Waals surface area contributed by atoms with Crippen LogP contribution in [0.4, 0.5) is 17.8 Å². The number of rotatable bonds is 3. The van der Waals surface area contributed by atoms with Gasteiger partial charge in [-0.25, -0.2) is 0 Å². The van der Waals surface area contributed by atoms with Crippen LogP contribution in [0.15, 0.2) is 0 Å². The van der Waals surface area contributed by atoms with Crippen molar-refractivity contribution in [3.05, 3.63) is 0 Å². The molecule has 1 aromatic rings. The fourth-order valence-corrected chi connectivity index (χ4v) is 2.89. The Morgan fingerprint density at radius 1 is 1.05 bits per heavy atom. The zero-order chi connectivity index (χ0) is 14.7. The molecular weight excluding hydrogens is 268 g/mol. The van der Waals surface area contributed by atoms with E-state index in [1.807, 2.05) is 7.05 Å². The van der Waals surface area contributed by atoms with Crippen LogP contribution >= 0.6 is 0 Å². The molecule has 0 saturated carbocycles. The number of hydrogen-bond acceptors (Lipinski definition) is 7. The topological polar surface area (TPSA) is 66.4 Å². The first-order valence-electron chi connectivity index (χ1n) is 7.81. The summed E-state index contributed by atoms with van der Waals surface area (Å²) >= 11 is 0. The lowest BCUT2D eigenvalue weighted by Crippen LogP contribution is -2.40. The standard InChI is InChI=1S/C14H24N6O/c1-11-5-3-4-6-20(11)14-17-12(15-2)16-13(18-14)19-7-9-21-10-8-19/h11H,3-10H2,1-2H3,(H,15,16,17,18). The fourth-order valence-electron chi connectivity index (χ4n) is 2.89. The van der Waals surface area contributed by atoms with E-state index in [0.29, 0.717) is 12.0 Å². The molecule has 0 amide bonds. The van der Waals surface area contributed by atoms with E-state index in [9.17, 15) is 0 Å². The molecule has 1 unspecified atom stereocenters. The Hall–Kier alpha value is -1.63. The van der Waals surface area contributed by atoms with Gasteiger partial charge in [0.25, 0.3) is 0 Å². The molecule has 2 aliphatic rings. The molecule has 1 aromatic heterocycles. The smallest absolute Gasteiger partial charge is 0.232 e. The monoisotopic (exact) mass is 292 g/mol. The number of ether oxygens (including phenoxy) is 1. The maximum absolute atomic E-state index is 5.40. The van der Waals surface area contributed by atoms with Gasteiger partial charge in [-0.15, -0.1) is 0 Å². The first-order valence-corrected chi connectivity index (χ1v) is 7.81. The van der Waals surface area contributed by atoms with E-state index in [1.54, 1.807) is 0 Å². The Morgan fingerprint density at radius 3 is 2.52 bits per heavy atom. The summed E-state index contributed by atoms with van der Waals surface area (Å²) in [5, 5.41) is 3.05. The molecule has 7 nitrogen and oxygen atoms in total. The summed E-state index contributed by atoms with van der Waals surface area (Å²) in [6.07, 6.45) is 3.70. The third kappa shape index (κ3) is 3.18. The van der Waals surface area contributed by atoms with E-state index < -0.39 is 0 Å². The minimum absolute atomic E-state index is 0.489. The van der Waals surface area contributed by atoms with Crippen molar-refractivity contribution in [2.24, 2.45) is 0 Å². The second-order valence-electron chi connectivity index (χ2n) is 5.65. The van der Waals surface area contributed by atoms with E-state index in [4.69, 9.17) is 9.72 Å². The van der Waals surface area contributed by atoms with Crippen LogP contribution in [0.5, 0.6) is 0 Å². The van der Waals surface area contributed by atoms with Crippen LogP contribution in [0.3, 0.4) is 0 Å². The van der Waals surface area contributed by atoms with Gasteiger partial charge in [-0.3, -0.25) is 0 Å². The largest absolute Gasteiger partial charge is 0.378 e. The molecule has 21 heavy (non-hydrogen) atoms. The summed E-state index contributed by atoms with van der Waals surface area (Å²) in [7, 11) is 1.85. The lowest BCUT2D eigenvalue weighted by Gasteiger charge is -2.34. The van der Waals surface area contributed by atoms with E-state index in [2.05, 4.69) is 32.0 Å². The van der Waals surface area contributed by atoms with Crippen LogP contribution in [-0.4, -0.2) is 60.9 Å². The first-order chi connectivity index (χ1) is 10.3. The number of nitrogens with zero attached hydrogens (tertiary/aromatic N) is 5. The average molecular weight is 292 g/mol. The second-order valence-corrected chi connectivity index (χ2v) is 5.65. The minimum atomic E-state index is 0.489. The molecule has 7 heteroatoms. The molecule has 1 atom stereocenters. The Balaban J connectivity index is 1.88. The lowest BCUT2D eigenvalue weighted by molar-refractivity contribution is 0.122. The maximum Gasteiger partial charge on any atom is 0.232 e. The van der Waals surface area contributed by atoms with Gasteiger partial charge < -0.3 is 19.9 Å². The number of morpholine rings is 1. The summed E-state index contributed by atoms with van der Waals surface area (Å²) in [6, 6.07) is 0.489.